The normalized spacial score (nSPS) is 10.3. The molecule has 19 heavy (non-hydrogen) atoms. The number of nitrogens with two attached hydrogens (primary N) is 1. The van der Waals surface area contributed by atoms with Gasteiger partial charge in [-0.3, -0.25) is 4.79 Å². The molecule has 4 heteroatoms. The lowest BCUT2D eigenvalue weighted by Gasteiger charge is -2.11. The third-order valence-corrected chi connectivity index (χ3v) is 3.27. The monoisotopic (exact) mass is 274 g/mol. The van der Waals surface area contributed by atoms with Crippen molar-refractivity contribution in [2.45, 2.75) is 13.8 Å². The van der Waals surface area contributed by atoms with E-state index in [1.807, 2.05) is 26.0 Å². The van der Waals surface area contributed by atoms with Crippen molar-refractivity contribution in [3.63, 3.8) is 0 Å². The van der Waals surface area contributed by atoms with Gasteiger partial charge in [0.1, 0.15) is 0 Å². The molecule has 0 radical (unpaired) electrons. The van der Waals surface area contributed by atoms with Crippen LogP contribution in [-0.4, -0.2) is 5.91 Å². The molecule has 0 atom stereocenters. The Hall–Kier alpha value is -2.00. The molecule has 0 bridgehead atoms. The van der Waals surface area contributed by atoms with E-state index in [1.165, 1.54) is 0 Å². The molecule has 0 heterocycles. The summed E-state index contributed by atoms with van der Waals surface area (Å²) in [5.74, 6) is -0.202. The summed E-state index contributed by atoms with van der Waals surface area (Å²) < 4.78 is 0. The first kappa shape index (κ1) is 13.4. The van der Waals surface area contributed by atoms with Gasteiger partial charge < -0.3 is 11.1 Å². The van der Waals surface area contributed by atoms with Crippen LogP contribution in [0.1, 0.15) is 21.5 Å². The Morgan fingerprint density at radius 2 is 1.68 bits per heavy atom. The molecule has 0 spiro atoms. The Kier molecular flexibility index (Phi) is 3.76. The van der Waals surface area contributed by atoms with Gasteiger partial charge in [-0.05, 0) is 61.4 Å². The maximum atomic E-state index is 12.1. The highest BCUT2D eigenvalue weighted by atomic mass is 35.5. The summed E-state index contributed by atoms with van der Waals surface area (Å²) in [6, 6.07) is 10.4. The molecule has 98 valence electrons. The van der Waals surface area contributed by atoms with Crippen molar-refractivity contribution in [3.05, 3.63) is 58.1 Å². The van der Waals surface area contributed by atoms with Crippen LogP contribution in [0.25, 0.3) is 0 Å². The summed E-state index contributed by atoms with van der Waals surface area (Å²) in [5.41, 5.74) is 9.82. The summed E-state index contributed by atoms with van der Waals surface area (Å²) >= 11 is 5.79. The van der Waals surface area contributed by atoms with Crippen LogP contribution >= 0.6 is 11.6 Å². The Morgan fingerprint density at radius 1 is 1.11 bits per heavy atom. The van der Waals surface area contributed by atoms with E-state index in [9.17, 15) is 4.79 Å². The zero-order valence-electron chi connectivity index (χ0n) is 10.8. The molecule has 3 nitrogen and oxygen atoms in total. The minimum Gasteiger partial charge on any atom is -0.397 e. The summed E-state index contributed by atoms with van der Waals surface area (Å²) in [4.78, 5) is 12.1. The van der Waals surface area contributed by atoms with E-state index in [2.05, 4.69) is 5.32 Å². The van der Waals surface area contributed by atoms with Crippen molar-refractivity contribution in [3.8, 4) is 0 Å². The number of nitrogen functional groups attached to an aromatic ring is 1. The Morgan fingerprint density at radius 3 is 2.32 bits per heavy atom. The van der Waals surface area contributed by atoms with Crippen molar-refractivity contribution < 1.29 is 4.79 Å². The lowest BCUT2D eigenvalue weighted by molar-refractivity contribution is 0.102. The van der Waals surface area contributed by atoms with Crippen LogP contribution in [0.15, 0.2) is 36.4 Å². The third-order valence-electron chi connectivity index (χ3n) is 3.02. The van der Waals surface area contributed by atoms with E-state index >= 15 is 0 Å². The van der Waals surface area contributed by atoms with Crippen molar-refractivity contribution in [2.75, 3.05) is 11.1 Å². The number of aryl methyl sites for hydroxylation is 2. The number of benzene rings is 2. The highest BCUT2D eigenvalue weighted by Crippen LogP contribution is 2.23. The second-order valence-electron chi connectivity index (χ2n) is 4.48. The number of halogens is 1. The lowest BCUT2D eigenvalue weighted by Crippen LogP contribution is -2.13. The molecular formula is C15H15ClN2O. The molecule has 0 saturated carbocycles. The van der Waals surface area contributed by atoms with E-state index in [0.29, 0.717) is 22.0 Å². The fourth-order valence-electron chi connectivity index (χ4n) is 1.74. The van der Waals surface area contributed by atoms with Crippen molar-refractivity contribution in [1.82, 2.24) is 0 Å². The maximum absolute atomic E-state index is 12.1. The number of hydrogen-bond acceptors (Lipinski definition) is 2. The number of hydrogen-bond donors (Lipinski definition) is 2. The topological polar surface area (TPSA) is 55.1 Å². The third kappa shape index (κ3) is 3.06. The van der Waals surface area contributed by atoms with Gasteiger partial charge >= 0.3 is 0 Å². The highest BCUT2D eigenvalue weighted by Gasteiger charge is 2.09. The largest absolute Gasteiger partial charge is 0.397 e. The number of amides is 1. The fraction of sp³-hybridized carbons (Fsp3) is 0.133. The van der Waals surface area contributed by atoms with Crippen LogP contribution in [0.5, 0.6) is 0 Å². The first-order chi connectivity index (χ1) is 8.97. The van der Waals surface area contributed by atoms with Gasteiger partial charge in [-0.15, -0.1) is 0 Å². The molecule has 0 fully saturated rings. The molecule has 1 amide bonds. The standard InChI is InChI=1S/C15H15ClN2O/c1-9-7-13(17)14(8-10(9)2)18-15(19)11-3-5-12(16)6-4-11/h3-8H,17H2,1-2H3,(H,18,19). The highest BCUT2D eigenvalue weighted by molar-refractivity contribution is 6.30. The first-order valence-corrected chi connectivity index (χ1v) is 6.29. The van der Waals surface area contributed by atoms with E-state index in [1.54, 1.807) is 24.3 Å². The van der Waals surface area contributed by atoms with E-state index in [4.69, 9.17) is 17.3 Å². The molecule has 0 aromatic heterocycles. The number of nitrogens with one attached hydrogen (secondary N) is 1. The van der Waals surface area contributed by atoms with Crippen LogP contribution < -0.4 is 11.1 Å². The van der Waals surface area contributed by atoms with Crippen molar-refractivity contribution in [2.24, 2.45) is 0 Å². The lowest BCUT2D eigenvalue weighted by atomic mass is 10.1. The molecule has 0 aliphatic carbocycles. The molecule has 2 aromatic carbocycles. The van der Waals surface area contributed by atoms with Gasteiger partial charge in [-0.2, -0.15) is 0 Å². The second kappa shape index (κ2) is 5.33. The number of carbonyl (C=O) groups excluding carboxylic acids is 1. The molecule has 2 rings (SSSR count). The summed E-state index contributed by atoms with van der Waals surface area (Å²) in [7, 11) is 0. The van der Waals surface area contributed by atoms with E-state index in [0.717, 1.165) is 11.1 Å². The fourth-order valence-corrected chi connectivity index (χ4v) is 1.87. The zero-order valence-corrected chi connectivity index (χ0v) is 11.6. The molecular weight excluding hydrogens is 260 g/mol. The van der Waals surface area contributed by atoms with Gasteiger partial charge in [0.2, 0.25) is 0 Å². The van der Waals surface area contributed by atoms with Crippen molar-refractivity contribution in [1.29, 1.82) is 0 Å². The minimum atomic E-state index is -0.202. The average molecular weight is 275 g/mol. The van der Waals surface area contributed by atoms with Crippen LogP contribution in [0, 0.1) is 13.8 Å². The number of rotatable bonds is 2. The smallest absolute Gasteiger partial charge is 0.255 e. The molecule has 3 N–H and O–H groups in total. The zero-order chi connectivity index (χ0) is 14.0. The van der Waals surface area contributed by atoms with Crippen molar-refractivity contribution >= 4 is 28.9 Å². The average Bonchev–Trinajstić information content (AvgIpc) is 2.36. The molecule has 2 aromatic rings. The molecule has 0 aliphatic rings. The van der Waals surface area contributed by atoms with Gasteiger partial charge in [0.05, 0.1) is 11.4 Å². The Bertz CT molecular complexity index is 621. The molecule has 0 saturated heterocycles. The van der Waals surface area contributed by atoms with Crippen LogP contribution in [0.2, 0.25) is 5.02 Å². The number of carbonyl (C=O) groups is 1. The maximum Gasteiger partial charge on any atom is 0.255 e. The first-order valence-electron chi connectivity index (χ1n) is 5.91. The molecule has 0 aliphatic heterocycles. The summed E-state index contributed by atoms with van der Waals surface area (Å²) in [6.45, 7) is 3.96. The van der Waals surface area contributed by atoms with E-state index < -0.39 is 0 Å². The Balaban J connectivity index is 2.24. The van der Waals surface area contributed by atoms with E-state index in [-0.39, 0.29) is 5.91 Å². The number of anilines is 2. The predicted octanol–water partition coefficient (Wildman–Crippen LogP) is 3.79. The SMILES string of the molecule is Cc1cc(N)c(NC(=O)c2ccc(Cl)cc2)cc1C. The quantitative estimate of drug-likeness (QED) is 0.819. The van der Waals surface area contributed by atoms with Crippen LogP contribution in [-0.2, 0) is 0 Å². The predicted molar refractivity (Wildman–Crippen MR) is 79.7 cm³/mol. The summed E-state index contributed by atoms with van der Waals surface area (Å²) in [5, 5.41) is 3.41. The summed E-state index contributed by atoms with van der Waals surface area (Å²) in [6.07, 6.45) is 0. The van der Waals surface area contributed by atoms with Gasteiger partial charge in [-0.25, -0.2) is 0 Å². The van der Waals surface area contributed by atoms with Crippen LogP contribution in [0.4, 0.5) is 11.4 Å². The molecule has 0 unspecified atom stereocenters. The Labute approximate surface area is 117 Å². The van der Waals surface area contributed by atoms with Gasteiger partial charge in [0.25, 0.3) is 5.91 Å². The van der Waals surface area contributed by atoms with Gasteiger partial charge in [0, 0.05) is 10.6 Å². The van der Waals surface area contributed by atoms with Gasteiger partial charge in [0.15, 0.2) is 0 Å². The van der Waals surface area contributed by atoms with Crippen LogP contribution in [0.3, 0.4) is 0 Å². The second-order valence-corrected chi connectivity index (χ2v) is 4.92. The van der Waals surface area contributed by atoms with Gasteiger partial charge in [-0.1, -0.05) is 11.6 Å². The minimum absolute atomic E-state index is 0.202.